The van der Waals surface area contributed by atoms with Crippen LogP contribution in [0.1, 0.15) is 40.5 Å². The normalized spacial score (nSPS) is 66.0. The average Bonchev–Trinajstić information content (AvgIpc) is 2.38. The SMILES string of the molecule is CC1CC2CC(C)C3C(C)C(C1C)C23. The second kappa shape index (κ2) is 2.77. The summed E-state index contributed by atoms with van der Waals surface area (Å²) >= 11 is 0. The average molecular weight is 192 g/mol. The standard InChI is InChI=1S/C14H24/c1-7-5-11-6-8(2)12-10(4)13(9(7)3)14(11)12/h7-14H,5-6H2,1-4H3. The van der Waals surface area contributed by atoms with Crippen LogP contribution < -0.4 is 0 Å². The summed E-state index contributed by atoms with van der Waals surface area (Å²) in [6.45, 7) is 10.0. The minimum absolute atomic E-state index is 0.995. The first-order chi connectivity index (χ1) is 6.61. The summed E-state index contributed by atoms with van der Waals surface area (Å²) in [7, 11) is 0. The van der Waals surface area contributed by atoms with Crippen molar-refractivity contribution in [3.63, 3.8) is 0 Å². The Labute approximate surface area is 88.5 Å². The Bertz CT molecular complexity index is 244. The van der Waals surface area contributed by atoms with Crippen LogP contribution in [0, 0.1) is 47.3 Å². The number of rotatable bonds is 0. The summed E-state index contributed by atoms with van der Waals surface area (Å²) in [6.07, 6.45) is 3.09. The van der Waals surface area contributed by atoms with Crippen LogP contribution in [0.15, 0.2) is 0 Å². The highest BCUT2D eigenvalue weighted by Gasteiger charge is 2.61. The summed E-state index contributed by atoms with van der Waals surface area (Å²) in [5, 5.41) is 0. The second-order valence-corrected chi connectivity index (χ2v) is 6.64. The molecule has 0 aromatic carbocycles. The molecule has 0 nitrogen and oxygen atoms in total. The Hall–Kier alpha value is 0. The fourth-order valence-corrected chi connectivity index (χ4v) is 5.54. The van der Waals surface area contributed by atoms with Crippen molar-refractivity contribution < 1.29 is 0 Å². The Morgan fingerprint density at radius 1 is 0.643 bits per heavy atom. The zero-order valence-corrected chi connectivity index (χ0v) is 10.0. The molecule has 3 saturated carbocycles. The molecule has 8 atom stereocenters. The van der Waals surface area contributed by atoms with Crippen molar-refractivity contribution in [1.29, 1.82) is 0 Å². The highest BCUT2D eigenvalue weighted by molar-refractivity contribution is 5.09. The molecule has 0 N–H and O–H groups in total. The molecule has 8 unspecified atom stereocenters. The third kappa shape index (κ3) is 0.907. The maximum Gasteiger partial charge on any atom is -0.0318 e. The quantitative estimate of drug-likeness (QED) is 0.547. The van der Waals surface area contributed by atoms with E-state index >= 15 is 0 Å². The van der Waals surface area contributed by atoms with E-state index in [9.17, 15) is 0 Å². The molecule has 0 amide bonds. The third-order valence-corrected chi connectivity index (χ3v) is 6.16. The van der Waals surface area contributed by atoms with Crippen molar-refractivity contribution in [3.05, 3.63) is 0 Å². The van der Waals surface area contributed by atoms with E-state index in [0.717, 1.165) is 47.3 Å². The van der Waals surface area contributed by atoms with Gasteiger partial charge in [0.05, 0.1) is 0 Å². The van der Waals surface area contributed by atoms with Gasteiger partial charge in [0.1, 0.15) is 0 Å². The summed E-state index contributed by atoms with van der Waals surface area (Å²) in [5.41, 5.74) is 0. The Morgan fingerprint density at radius 3 is 2.00 bits per heavy atom. The Kier molecular flexibility index (Phi) is 1.83. The van der Waals surface area contributed by atoms with Crippen LogP contribution in [0.4, 0.5) is 0 Å². The van der Waals surface area contributed by atoms with Gasteiger partial charge in [-0.3, -0.25) is 0 Å². The van der Waals surface area contributed by atoms with Crippen LogP contribution in [0.2, 0.25) is 0 Å². The lowest BCUT2D eigenvalue weighted by Crippen LogP contribution is -2.53. The van der Waals surface area contributed by atoms with Crippen molar-refractivity contribution in [2.24, 2.45) is 47.3 Å². The van der Waals surface area contributed by atoms with E-state index in [2.05, 4.69) is 27.7 Å². The van der Waals surface area contributed by atoms with Crippen LogP contribution >= 0.6 is 0 Å². The lowest BCUT2D eigenvalue weighted by molar-refractivity contribution is -0.102. The van der Waals surface area contributed by atoms with Gasteiger partial charge in [-0.1, -0.05) is 27.7 Å². The van der Waals surface area contributed by atoms with Crippen molar-refractivity contribution in [2.75, 3.05) is 0 Å². The van der Waals surface area contributed by atoms with Crippen LogP contribution in [0.5, 0.6) is 0 Å². The molecule has 80 valence electrons. The van der Waals surface area contributed by atoms with Gasteiger partial charge in [-0.15, -0.1) is 0 Å². The van der Waals surface area contributed by atoms with Crippen LogP contribution in [0.25, 0.3) is 0 Å². The fourth-order valence-electron chi connectivity index (χ4n) is 5.54. The lowest BCUT2D eigenvalue weighted by atomic mass is 9.47. The van der Waals surface area contributed by atoms with Crippen molar-refractivity contribution in [1.82, 2.24) is 0 Å². The van der Waals surface area contributed by atoms with Crippen LogP contribution in [-0.4, -0.2) is 0 Å². The smallest absolute Gasteiger partial charge is 0.0318 e. The molecule has 0 radical (unpaired) electrons. The first-order valence-corrected chi connectivity index (χ1v) is 6.61. The molecule has 0 spiro atoms. The Morgan fingerprint density at radius 2 is 1.29 bits per heavy atom. The Balaban J connectivity index is 1.90. The molecule has 0 aromatic heterocycles. The molecule has 0 aromatic rings. The number of hydrogen-bond donors (Lipinski definition) is 0. The van der Waals surface area contributed by atoms with Crippen molar-refractivity contribution in [3.8, 4) is 0 Å². The van der Waals surface area contributed by atoms with Gasteiger partial charge in [0, 0.05) is 0 Å². The van der Waals surface area contributed by atoms with Gasteiger partial charge in [0.25, 0.3) is 0 Å². The largest absolute Gasteiger partial charge is 0.0622 e. The lowest BCUT2D eigenvalue weighted by Gasteiger charge is -2.58. The summed E-state index contributed by atoms with van der Waals surface area (Å²) in [6, 6.07) is 0. The monoisotopic (exact) mass is 192 g/mol. The second-order valence-electron chi connectivity index (χ2n) is 6.64. The van der Waals surface area contributed by atoms with Gasteiger partial charge >= 0.3 is 0 Å². The molecular weight excluding hydrogens is 168 g/mol. The highest BCUT2D eigenvalue weighted by atomic mass is 14.7. The first-order valence-electron chi connectivity index (χ1n) is 6.61. The maximum atomic E-state index is 2.53. The fraction of sp³-hybridized carbons (Fsp3) is 1.00. The van der Waals surface area contributed by atoms with Gasteiger partial charge < -0.3 is 0 Å². The van der Waals surface area contributed by atoms with E-state index in [0.29, 0.717) is 0 Å². The highest BCUT2D eigenvalue weighted by Crippen LogP contribution is 2.67. The molecule has 14 heavy (non-hydrogen) atoms. The van der Waals surface area contributed by atoms with Gasteiger partial charge in [-0.2, -0.15) is 0 Å². The predicted octanol–water partition coefficient (Wildman–Crippen LogP) is 3.82. The molecule has 3 aliphatic rings. The predicted molar refractivity (Wildman–Crippen MR) is 59.9 cm³/mol. The van der Waals surface area contributed by atoms with Crippen molar-refractivity contribution >= 4 is 0 Å². The van der Waals surface area contributed by atoms with Crippen molar-refractivity contribution in [2.45, 2.75) is 40.5 Å². The third-order valence-electron chi connectivity index (χ3n) is 6.16. The van der Waals surface area contributed by atoms with Gasteiger partial charge in [0.2, 0.25) is 0 Å². The van der Waals surface area contributed by atoms with Gasteiger partial charge in [-0.25, -0.2) is 0 Å². The molecule has 3 rings (SSSR count). The minimum Gasteiger partial charge on any atom is -0.0622 e. The number of hydrogen-bond acceptors (Lipinski definition) is 0. The van der Waals surface area contributed by atoms with Gasteiger partial charge in [-0.05, 0) is 60.2 Å². The van der Waals surface area contributed by atoms with E-state index in [1.165, 1.54) is 6.42 Å². The summed E-state index contributed by atoms with van der Waals surface area (Å²) in [4.78, 5) is 0. The van der Waals surface area contributed by atoms with E-state index in [1.807, 2.05) is 0 Å². The summed E-state index contributed by atoms with van der Waals surface area (Å²) < 4.78 is 0. The minimum atomic E-state index is 0.995. The molecule has 0 heteroatoms. The van der Waals surface area contributed by atoms with Crippen LogP contribution in [-0.2, 0) is 0 Å². The zero-order chi connectivity index (χ0) is 10.0. The molecule has 0 saturated heterocycles. The summed E-state index contributed by atoms with van der Waals surface area (Å²) in [5.74, 6) is 8.54. The van der Waals surface area contributed by atoms with E-state index in [4.69, 9.17) is 0 Å². The van der Waals surface area contributed by atoms with E-state index < -0.39 is 0 Å². The molecular formula is C14H24. The van der Waals surface area contributed by atoms with E-state index in [-0.39, 0.29) is 0 Å². The zero-order valence-electron chi connectivity index (χ0n) is 10.0. The molecule has 3 aliphatic carbocycles. The molecule has 0 heterocycles. The van der Waals surface area contributed by atoms with Crippen LogP contribution in [0.3, 0.4) is 0 Å². The molecule has 0 aliphatic heterocycles. The van der Waals surface area contributed by atoms with E-state index in [1.54, 1.807) is 6.42 Å². The van der Waals surface area contributed by atoms with Gasteiger partial charge in [0.15, 0.2) is 0 Å². The topological polar surface area (TPSA) is 0 Å². The molecule has 3 fully saturated rings. The first kappa shape index (κ1) is 9.24. The maximum absolute atomic E-state index is 2.53. The molecule has 0 bridgehead atoms.